The number of ether oxygens (including phenoxy) is 2. The van der Waals surface area contributed by atoms with Crippen molar-refractivity contribution in [3.05, 3.63) is 60.8 Å². The molecule has 13 heteroatoms. The van der Waals surface area contributed by atoms with Crippen molar-refractivity contribution in [1.82, 2.24) is 15.0 Å². The SMILES string of the molecule is COc1cc(-c2ccc3ncc(NS(=O)(=O)c4ccc(OC(F)(F)F)cc4)nc3n2)ccc1O. The molecule has 2 heterocycles. The van der Waals surface area contributed by atoms with Crippen LogP contribution in [0.15, 0.2) is 65.7 Å². The molecule has 176 valence electrons. The largest absolute Gasteiger partial charge is 0.573 e. The van der Waals surface area contributed by atoms with Crippen molar-refractivity contribution in [3.63, 3.8) is 0 Å². The molecule has 0 radical (unpaired) electrons. The van der Waals surface area contributed by atoms with E-state index in [0.717, 1.165) is 24.3 Å². The van der Waals surface area contributed by atoms with Crippen molar-refractivity contribution in [2.24, 2.45) is 0 Å². The molecule has 2 N–H and O–H groups in total. The van der Waals surface area contributed by atoms with Crippen molar-refractivity contribution in [3.8, 4) is 28.5 Å². The number of phenols is 1. The van der Waals surface area contributed by atoms with Gasteiger partial charge in [0.15, 0.2) is 23.0 Å². The van der Waals surface area contributed by atoms with Gasteiger partial charge in [-0.15, -0.1) is 13.2 Å². The predicted octanol–water partition coefficient (Wildman–Crippen LogP) is 4.11. The van der Waals surface area contributed by atoms with Gasteiger partial charge in [-0.1, -0.05) is 0 Å². The molecule has 0 saturated carbocycles. The second kappa shape index (κ2) is 8.67. The smallest absolute Gasteiger partial charge is 0.504 e. The Morgan fingerprint density at radius 1 is 1.00 bits per heavy atom. The highest BCUT2D eigenvalue weighted by molar-refractivity contribution is 7.92. The quantitative estimate of drug-likeness (QED) is 0.412. The first-order valence-electron chi connectivity index (χ1n) is 9.44. The zero-order valence-electron chi connectivity index (χ0n) is 17.2. The molecule has 9 nitrogen and oxygen atoms in total. The molecule has 2 aromatic heterocycles. The average Bonchev–Trinajstić information content (AvgIpc) is 2.78. The first-order valence-corrected chi connectivity index (χ1v) is 10.9. The predicted molar refractivity (Wildman–Crippen MR) is 115 cm³/mol. The second-order valence-electron chi connectivity index (χ2n) is 6.81. The molecule has 0 amide bonds. The molecule has 0 bridgehead atoms. The Bertz CT molecular complexity index is 1460. The number of pyridine rings is 1. The van der Waals surface area contributed by atoms with Crippen LogP contribution in [-0.2, 0) is 10.0 Å². The minimum absolute atomic E-state index is 0.0403. The summed E-state index contributed by atoms with van der Waals surface area (Å²) in [7, 11) is -2.77. The molecule has 0 aliphatic heterocycles. The lowest BCUT2D eigenvalue weighted by Gasteiger charge is -2.11. The number of methoxy groups -OCH3 is 1. The first kappa shape index (κ1) is 23.0. The Morgan fingerprint density at radius 3 is 2.41 bits per heavy atom. The molecular formula is C21H15F3N4O5S. The zero-order valence-corrected chi connectivity index (χ0v) is 18.1. The summed E-state index contributed by atoms with van der Waals surface area (Å²) >= 11 is 0. The number of sulfonamides is 1. The number of hydrogen-bond donors (Lipinski definition) is 2. The molecule has 0 spiro atoms. The maximum atomic E-state index is 12.6. The molecule has 0 unspecified atom stereocenters. The highest BCUT2D eigenvalue weighted by Crippen LogP contribution is 2.31. The van der Waals surface area contributed by atoms with E-state index < -0.39 is 22.1 Å². The van der Waals surface area contributed by atoms with E-state index in [2.05, 4.69) is 24.4 Å². The van der Waals surface area contributed by atoms with E-state index in [-0.39, 0.29) is 27.9 Å². The van der Waals surface area contributed by atoms with Gasteiger partial charge in [0.2, 0.25) is 0 Å². The van der Waals surface area contributed by atoms with Crippen LogP contribution in [0.1, 0.15) is 0 Å². The highest BCUT2D eigenvalue weighted by atomic mass is 32.2. The van der Waals surface area contributed by atoms with Crippen LogP contribution in [0.5, 0.6) is 17.2 Å². The molecule has 0 aliphatic carbocycles. The lowest BCUT2D eigenvalue weighted by atomic mass is 10.1. The van der Waals surface area contributed by atoms with Gasteiger partial charge >= 0.3 is 6.36 Å². The Morgan fingerprint density at radius 2 is 1.74 bits per heavy atom. The van der Waals surface area contributed by atoms with Gasteiger partial charge in [0.05, 0.1) is 23.9 Å². The van der Waals surface area contributed by atoms with E-state index in [1.54, 1.807) is 24.3 Å². The van der Waals surface area contributed by atoms with Crippen molar-refractivity contribution in [2.75, 3.05) is 11.8 Å². The molecular weight excluding hydrogens is 477 g/mol. The van der Waals surface area contributed by atoms with Gasteiger partial charge in [-0.3, -0.25) is 4.72 Å². The number of nitrogens with one attached hydrogen (secondary N) is 1. The summed E-state index contributed by atoms with van der Waals surface area (Å²) in [4.78, 5) is 12.4. The molecule has 34 heavy (non-hydrogen) atoms. The van der Waals surface area contributed by atoms with Gasteiger partial charge in [-0.25, -0.2) is 23.4 Å². The molecule has 0 atom stereocenters. The van der Waals surface area contributed by atoms with Gasteiger partial charge in [0.25, 0.3) is 10.0 Å². The lowest BCUT2D eigenvalue weighted by Crippen LogP contribution is -2.17. The van der Waals surface area contributed by atoms with Crippen LogP contribution in [0, 0.1) is 0 Å². The normalized spacial score (nSPS) is 11.9. The van der Waals surface area contributed by atoms with Gasteiger partial charge in [-0.05, 0) is 54.6 Å². The number of rotatable bonds is 6. The minimum Gasteiger partial charge on any atom is -0.504 e. The summed E-state index contributed by atoms with van der Waals surface area (Å²) in [5.74, 6) is -0.490. The molecule has 4 aromatic rings. The summed E-state index contributed by atoms with van der Waals surface area (Å²) in [6, 6.07) is 11.7. The van der Waals surface area contributed by atoms with Crippen molar-refractivity contribution < 1.29 is 36.2 Å². The number of fused-ring (bicyclic) bond motifs is 1. The molecule has 0 fully saturated rings. The van der Waals surface area contributed by atoms with E-state index in [1.807, 2.05) is 0 Å². The van der Waals surface area contributed by atoms with Gasteiger partial charge < -0.3 is 14.6 Å². The van der Waals surface area contributed by atoms with Crippen molar-refractivity contribution >= 4 is 27.0 Å². The van der Waals surface area contributed by atoms with Crippen LogP contribution in [-0.4, -0.2) is 41.9 Å². The van der Waals surface area contributed by atoms with Crippen LogP contribution >= 0.6 is 0 Å². The van der Waals surface area contributed by atoms with Crippen molar-refractivity contribution in [1.29, 1.82) is 0 Å². The number of phenolic OH excluding ortho intramolecular Hbond substituents is 1. The fraction of sp³-hybridized carbons (Fsp3) is 0.0952. The summed E-state index contributed by atoms with van der Waals surface area (Å²) in [5, 5.41) is 9.77. The van der Waals surface area contributed by atoms with E-state index in [0.29, 0.717) is 16.8 Å². The Hall–Kier alpha value is -4.13. The van der Waals surface area contributed by atoms with E-state index in [1.165, 1.54) is 19.4 Å². The maximum absolute atomic E-state index is 12.6. The van der Waals surface area contributed by atoms with Crippen molar-refractivity contribution in [2.45, 2.75) is 11.3 Å². The van der Waals surface area contributed by atoms with Gasteiger partial charge in [0.1, 0.15) is 11.3 Å². The third-order valence-corrected chi connectivity index (χ3v) is 5.86. The Labute approximate surface area is 190 Å². The molecule has 4 rings (SSSR count). The summed E-state index contributed by atoms with van der Waals surface area (Å²) in [5.41, 5.74) is 1.62. The molecule has 2 aromatic carbocycles. The number of aromatic nitrogens is 3. The third kappa shape index (κ3) is 5.09. The number of alkyl halides is 3. The van der Waals surface area contributed by atoms with Crippen LogP contribution in [0.2, 0.25) is 0 Å². The topological polar surface area (TPSA) is 124 Å². The number of benzene rings is 2. The maximum Gasteiger partial charge on any atom is 0.573 e. The van der Waals surface area contributed by atoms with E-state index in [9.17, 15) is 26.7 Å². The summed E-state index contributed by atoms with van der Waals surface area (Å²) in [6.45, 7) is 0. The first-order chi connectivity index (χ1) is 16.0. The number of halogens is 3. The fourth-order valence-corrected chi connectivity index (χ4v) is 3.95. The van der Waals surface area contributed by atoms with Crippen LogP contribution in [0.25, 0.3) is 22.4 Å². The van der Waals surface area contributed by atoms with Gasteiger partial charge in [-0.2, -0.15) is 0 Å². The standard InChI is InChI=1S/C21H15F3N4O5S/c1-32-18-10-12(2-9-17(18)29)15-7-8-16-20(26-15)27-19(11-25-16)28-34(30,31)14-5-3-13(4-6-14)33-21(22,23)24/h2-11,29H,1H3,(H,26,27,28). The Kier molecular flexibility index (Phi) is 5.87. The van der Waals surface area contributed by atoms with Crippen LogP contribution < -0.4 is 14.2 Å². The third-order valence-electron chi connectivity index (χ3n) is 4.49. The number of nitrogens with zero attached hydrogens (tertiary/aromatic N) is 3. The lowest BCUT2D eigenvalue weighted by molar-refractivity contribution is -0.274. The number of anilines is 1. The highest BCUT2D eigenvalue weighted by Gasteiger charge is 2.31. The van der Waals surface area contributed by atoms with E-state index >= 15 is 0 Å². The Balaban J connectivity index is 1.61. The fourth-order valence-electron chi connectivity index (χ4n) is 2.96. The summed E-state index contributed by atoms with van der Waals surface area (Å²) in [6.07, 6.45) is -3.71. The number of hydrogen-bond acceptors (Lipinski definition) is 8. The second-order valence-corrected chi connectivity index (χ2v) is 8.49. The van der Waals surface area contributed by atoms with Crippen LogP contribution in [0.3, 0.4) is 0 Å². The van der Waals surface area contributed by atoms with E-state index in [4.69, 9.17) is 4.74 Å². The number of aromatic hydroxyl groups is 1. The van der Waals surface area contributed by atoms with Crippen LogP contribution in [0.4, 0.5) is 19.0 Å². The molecule has 0 saturated heterocycles. The summed E-state index contributed by atoms with van der Waals surface area (Å²) < 4.78 is 73.2. The minimum atomic E-state index is -4.89. The molecule has 0 aliphatic rings. The monoisotopic (exact) mass is 492 g/mol. The van der Waals surface area contributed by atoms with Gasteiger partial charge in [0, 0.05) is 5.56 Å². The zero-order chi connectivity index (χ0) is 24.5. The average molecular weight is 492 g/mol.